The van der Waals surface area contributed by atoms with Crippen molar-refractivity contribution < 1.29 is 35.3 Å². The zero-order valence-electron chi connectivity index (χ0n) is 17.1. The highest BCUT2D eigenvalue weighted by Gasteiger charge is 2.23. The zero-order valence-corrected chi connectivity index (χ0v) is 18.7. The van der Waals surface area contributed by atoms with Crippen LogP contribution in [0.2, 0.25) is 0 Å². The zero-order chi connectivity index (χ0) is 23.2. The Morgan fingerprint density at radius 1 is 0.871 bits per heavy atom. The molecule has 2 rings (SSSR count). The van der Waals surface area contributed by atoms with E-state index in [9.17, 15) is 26.4 Å². The summed E-state index contributed by atoms with van der Waals surface area (Å²) in [5, 5.41) is 4.43. The average Bonchev–Trinajstić information content (AvgIpc) is 3.42. The van der Waals surface area contributed by atoms with Gasteiger partial charge in [-0.15, -0.1) is 0 Å². The summed E-state index contributed by atoms with van der Waals surface area (Å²) in [4.78, 5) is 24.7. The van der Waals surface area contributed by atoms with Gasteiger partial charge in [0, 0.05) is 12.6 Å². The molecule has 31 heavy (non-hydrogen) atoms. The maximum atomic E-state index is 12.4. The molecule has 0 bridgehead atoms. The summed E-state index contributed by atoms with van der Waals surface area (Å²) < 4.78 is 61.1. The second-order valence-electron chi connectivity index (χ2n) is 6.32. The van der Waals surface area contributed by atoms with Gasteiger partial charge in [-0.05, 0) is 44.8 Å². The van der Waals surface area contributed by atoms with Crippen molar-refractivity contribution >= 4 is 31.9 Å². The Morgan fingerprint density at radius 2 is 1.35 bits per heavy atom. The van der Waals surface area contributed by atoms with Gasteiger partial charge in [-0.2, -0.15) is 0 Å². The number of carbonyl (C=O) groups is 2. The first-order valence-corrected chi connectivity index (χ1v) is 12.2. The number of carbonyl (C=O) groups excluding carboxylic acids is 2. The first kappa shape index (κ1) is 24.6. The third kappa shape index (κ3) is 6.16. The largest absolute Gasteiger partial charge is 0.438 e. The molecule has 0 saturated carbocycles. The lowest BCUT2D eigenvalue weighted by molar-refractivity contribution is 0.0873. The van der Waals surface area contributed by atoms with Crippen LogP contribution in [0.25, 0.3) is 0 Å². The monoisotopic (exact) mass is 476 g/mol. The molecule has 0 fully saturated rings. The van der Waals surface area contributed by atoms with Crippen LogP contribution in [0.1, 0.15) is 40.9 Å². The molecular weight excluding hydrogens is 452 g/mol. The van der Waals surface area contributed by atoms with Crippen molar-refractivity contribution in [2.45, 2.75) is 36.0 Å². The van der Waals surface area contributed by atoms with Crippen LogP contribution in [0.5, 0.6) is 0 Å². The van der Waals surface area contributed by atoms with Crippen molar-refractivity contribution in [1.82, 2.24) is 20.1 Å². The van der Waals surface area contributed by atoms with Gasteiger partial charge in [-0.3, -0.25) is 9.59 Å². The highest BCUT2D eigenvalue weighted by Crippen LogP contribution is 2.15. The first-order valence-electron chi connectivity index (χ1n) is 9.20. The Kier molecular flexibility index (Phi) is 8.00. The number of nitrogens with one attached hydrogen (secondary N) is 4. The fourth-order valence-electron chi connectivity index (χ4n) is 2.51. The molecular formula is C17H24N4O8S2. The molecule has 2 heterocycles. The van der Waals surface area contributed by atoms with Crippen LogP contribution < -0.4 is 20.1 Å². The lowest BCUT2D eigenvalue weighted by atomic mass is 10.1. The van der Waals surface area contributed by atoms with E-state index in [-0.39, 0.29) is 18.1 Å². The molecule has 2 amide bonds. The molecule has 0 aliphatic rings. The van der Waals surface area contributed by atoms with Crippen molar-refractivity contribution in [3.05, 3.63) is 35.8 Å². The number of hydrogen-bond donors (Lipinski definition) is 4. The Bertz CT molecular complexity index is 1130. The molecule has 0 aliphatic carbocycles. The van der Waals surface area contributed by atoms with Crippen molar-refractivity contribution in [2.75, 3.05) is 20.6 Å². The van der Waals surface area contributed by atoms with Gasteiger partial charge in [-0.1, -0.05) is 13.3 Å². The number of sulfonamides is 2. The highest BCUT2D eigenvalue weighted by molar-refractivity contribution is 7.89. The maximum Gasteiger partial charge on any atom is 0.287 e. The van der Waals surface area contributed by atoms with E-state index in [2.05, 4.69) is 20.1 Å². The first-order chi connectivity index (χ1) is 14.5. The third-order valence-corrected chi connectivity index (χ3v) is 6.73. The molecule has 0 aromatic carbocycles. The van der Waals surface area contributed by atoms with Crippen molar-refractivity contribution in [2.24, 2.45) is 0 Å². The van der Waals surface area contributed by atoms with Crippen LogP contribution in [-0.2, 0) is 20.0 Å². The van der Waals surface area contributed by atoms with Gasteiger partial charge in [0.2, 0.25) is 10.2 Å². The summed E-state index contributed by atoms with van der Waals surface area (Å²) in [6, 6.07) is 4.27. The maximum absolute atomic E-state index is 12.4. The lowest BCUT2D eigenvalue weighted by Crippen LogP contribution is -2.43. The minimum Gasteiger partial charge on any atom is -0.438 e. The number of amides is 2. The molecule has 14 heteroatoms. The van der Waals surface area contributed by atoms with Crippen molar-refractivity contribution in [3.8, 4) is 0 Å². The minimum atomic E-state index is -3.82. The molecule has 12 nitrogen and oxygen atoms in total. The predicted octanol–water partition coefficient (Wildman–Crippen LogP) is 0.0173. The Morgan fingerprint density at radius 3 is 1.81 bits per heavy atom. The van der Waals surface area contributed by atoms with E-state index < -0.39 is 48.1 Å². The van der Waals surface area contributed by atoms with E-state index >= 15 is 0 Å². The van der Waals surface area contributed by atoms with Gasteiger partial charge in [0.25, 0.3) is 31.9 Å². The molecule has 0 unspecified atom stereocenters. The molecule has 0 spiro atoms. The summed E-state index contributed by atoms with van der Waals surface area (Å²) >= 11 is 0. The Balaban J connectivity index is 2.02. The van der Waals surface area contributed by atoms with Gasteiger partial charge < -0.3 is 19.5 Å². The van der Waals surface area contributed by atoms with E-state index in [1.54, 1.807) is 0 Å². The van der Waals surface area contributed by atoms with Crippen LogP contribution >= 0.6 is 0 Å². The van der Waals surface area contributed by atoms with Gasteiger partial charge in [0.1, 0.15) is 0 Å². The summed E-state index contributed by atoms with van der Waals surface area (Å²) in [7, 11) is -5.21. The normalized spacial score (nSPS) is 13.0. The van der Waals surface area contributed by atoms with Gasteiger partial charge in [-0.25, -0.2) is 26.3 Å². The molecule has 2 aromatic rings. The molecule has 0 aliphatic heterocycles. The van der Waals surface area contributed by atoms with E-state index in [4.69, 9.17) is 8.83 Å². The van der Waals surface area contributed by atoms with Gasteiger partial charge in [0.15, 0.2) is 11.5 Å². The Hall–Kier alpha value is -2.68. The smallest absolute Gasteiger partial charge is 0.287 e. The van der Waals surface area contributed by atoms with Crippen LogP contribution in [0.4, 0.5) is 0 Å². The van der Waals surface area contributed by atoms with Crippen molar-refractivity contribution in [1.29, 1.82) is 0 Å². The number of furan rings is 2. The second kappa shape index (κ2) is 10.1. The van der Waals surface area contributed by atoms with E-state index in [0.29, 0.717) is 12.8 Å². The lowest BCUT2D eigenvalue weighted by Gasteiger charge is -2.17. The van der Waals surface area contributed by atoms with E-state index in [1.807, 2.05) is 6.92 Å². The molecule has 4 N–H and O–H groups in total. The predicted molar refractivity (Wildman–Crippen MR) is 108 cm³/mol. The van der Waals surface area contributed by atoms with E-state index in [1.165, 1.54) is 26.2 Å². The molecule has 0 radical (unpaired) electrons. The highest BCUT2D eigenvalue weighted by atomic mass is 32.2. The molecule has 0 saturated heterocycles. The van der Waals surface area contributed by atoms with Crippen molar-refractivity contribution in [3.63, 3.8) is 0 Å². The van der Waals surface area contributed by atoms with Crippen LogP contribution in [0, 0.1) is 0 Å². The molecule has 172 valence electrons. The van der Waals surface area contributed by atoms with Crippen LogP contribution in [-0.4, -0.2) is 55.3 Å². The topological polar surface area (TPSA) is 177 Å². The standard InChI is InChI=1S/C17H24N4O8S2/c1-4-5-11(21-17(23)13-7-9-15(29-13)31(26,27)19-3)10-20-16(22)12-6-8-14(28-12)30(24,25)18-2/h6-9,11,18-19H,4-5,10H2,1-3H3,(H,20,22)(H,21,23)/t11-/m1/s1. The van der Waals surface area contributed by atoms with Crippen LogP contribution in [0.15, 0.2) is 43.3 Å². The summed E-state index contributed by atoms with van der Waals surface area (Å²) in [5.74, 6) is -1.71. The van der Waals surface area contributed by atoms with Gasteiger partial charge in [0.05, 0.1) is 0 Å². The molecule has 1 atom stereocenters. The average molecular weight is 477 g/mol. The summed E-state index contributed by atoms with van der Waals surface area (Å²) in [6.07, 6.45) is 1.19. The quantitative estimate of drug-likeness (QED) is 0.351. The Labute approximate surface area is 179 Å². The van der Waals surface area contributed by atoms with Crippen LogP contribution in [0.3, 0.4) is 0 Å². The van der Waals surface area contributed by atoms with E-state index in [0.717, 1.165) is 12.1 Å². The number of hydrogen-bond acceptors (Lipinski definition) is 8. The molecule has 2 aromatic heterocycles. The number of rotatable bonds is 11. The summed E-state index contributed by atoms with van der Waals surface area (Å²) in [5.41, 5.74) is 0. The fraction of sp³-hybridized carbons (Fsp3) is 0.412. The fourth-order valence-corrected chi connectivity index (χ4v) is 3.80. The SMILES string of the molecule is CCC[C@H](CNC(=O)c1ccc(S(=O)(=O)NC)o1)NC(=O)c1ccc(S(=O)(=O)NC)o1. The van der Waals surface area contributed by atoms with Gasteiger partial charge >= 0.3 is 0 Å². The second-order valence-corrected chi connectivity index (χ2v) is 9.96. The summed E-state index contributed by atoms with van der Waals surface area (Å²) in [6.45, 7) is 1.91. The third-order valence-electron chi connectivity index (χ3n) is 4.16. The minimum absolute atomic E-state index is 0.0234.